The lowest BCUT2D eigenvalue weighted by molar-refractivity contribution is -0.152. The zero-order chi connectivity index (χ0) is 40.7. The van der Waals surface area contributed by atoms with Crippen LogP contribution in [0.3, 0.4) is 0 Å². The predicted molar refractivity (Wildman–Crippen MR) is 206 cm³/mol. The lowest BCUT2D eigenvalue weighted by Crippen LogP contribution is -2.61. The summed E-state index contributed by atoms with van der Waals surface area (Å²) in [6.07, 6.45) is 2.23. The third-order valence-electron chi connectivity index (χ3n) is 10.0. The van der Waals surface area contributed by atoms with Gasteiger partial charge in [0.05, 0.1) is 0 Å². The second-order valence-electron chi connectivity index (χ2n) is 14.5. The molecule has 0 aliphatic heterocycles. The maximum atomic E-state index is 14.5. The van der Waals surface area contributed by atoms with Crippen LogP contribution in [-0.2, 0) is 36.8 Å². The number of unbranched alkanes of at least 4 members (excludes halogenated alkanes) is 2. The number of phenols is 2. The lowest BCUT2D eigenvalue weighted by Gasteiger charge is -2.39. The molecular weight excluding hydrogens is 694 g/mol. The number of benzene rings is 2. The fourth-order valence-corrected chi connectivity index (χ4v) is 6.34. The molecule has 0 aromatic heterocycles. The number of likely N-dealkylation sites (N-methyl/N-ethyl adjacent to an activating group) is 3. The highest BCUT2D eigenvalue weighted by Crippen LogP contribution is 2.22. The van der Waals surface area contributed by atoms with Crippen molar-refractivity contribution in [2.24, 2.45) is 11.8 Å². The maximum Gasteiger partial charge on any atom is 0.326 e. The van der Waals surface area contributed by atoms with Gasteiger partial charge in [0.15, 0.2) is 0 Å². The van der Waals surface area contributed by atoms with E-state index < -0.39 is 77.7 Å². The zero-order valence-corrected chi connectivity index (χ0v) is 32.9. The van der Waals surface area contributed by atoms with Crippen LogP contribution in [0.4, 0.5) is 0 Å². The third-order valence-corrected chi connectivity index (χ3v) is 10.0. The van der Waals surface area contributed by atoms with Crippen LogP contribution in [0.5, 0.6) is 11.5 Å². The third kappa shape index (κ3) is 13.0. The summed E-state index contributed by atoms with van der Waals surface area (Å²) in [5.74, 6) is -4.71. The Bertz CT molecular complexity index is 1520. The van der Waals surface area contributed by atoms with E-state index in [1.54, 1.807) is 52.1 Å². The molecule has 0 fully saturated rings. The van der Waals surface area contributed by atoms with Gasteiger partial charge in [-0.05, 0) is 60.7 Å². The molecule has 7 atom stereocenters. The number of rotatable bonds is 22. The minimum absolute atomic E-state index is 0.00159. The SMILES string of the molecule is CCCCCC(NC)C(O)C(=O)NC(C(=O)N(C)C(C(=O)N(C)C(Cc1ccc(O)cc1)C(=O)NC(Cc1ccc(O)cc1)C(=O)O)C(C)CC)C(C)C. The Morgan fingerprint density at radius 3 is 1.74 bits per heavy atom. The zero-order valence-electron chi connectivity index (χ0n) is 32.9. The number of phenolic OH excluding ortho intramolecular Hbond substituents is 2. The molecule has 0 aliphatic carbocycles. The van der Waals surface area contributed by atoms with E-state index in [2.05, 4.69) is 22.9 Å². The Morgan fingerprint density at radius 1 is 0.741 bits per heavy atom. The number of nitrogens with one attached hydrogen (secondary N) is 3. The summed E-state index contributed by atoms with van der Waals surface area (Å²) in [6.45, 7) is 9.22. The van der Waals surface area contributed by atoms with Gasteiger partial charge >= 0.3 is 5.97 Å². The van der Waals surface area contributed by atoms with Crippen molar-refractivity contribution in [2.75, 3.05) is 21.1 Å². The summed E-state index contributed by atoms with van der Waals surface area (Å²) in [6, 6.07) is 6.68. The van der Waals surface area contributed by atoms with E-state index in [4.69, 9.17) is 0 Å². The number of carbonyl (C=O) groups excluding carboxylic acids is 4. The van der Waals surface area contributed by atoms with Gasteiger partial charge in [-0.3, -0.25) is 19.2 Å². The van der Waals surface area contributed by atoms with Gasteiger partial charge in [0, 0.05) is 33.0 Å². The van der Waals surface area contributed by atoms with Crippen LogP contribution in [0.1, 0.15) is 77.8 Å². The summed E-state index contributed by atoms with van der Waals surface area (Å²) in [7, 11) is 4.56. The lowest BCUT2D eigenvalue weighted by atomic mass is 9.93. The summed E-state index contributed by atoms with van der Waals surface area (Å²) in [5.41, 5.74) is 1.13. The molecule has 0 spiro atoms. The molecular formula is C40H61N5O9. The number of aliphatic carboxylic acids is 1. The number of hydrogen-bond donors (Lipinski definition) is 7. The van der Waals surface area contributed by atoms with Crippen molar-refractivity contribution < 1.29 is 44.4 Å². The van der Waals surface area contributed by atoms with Gasteiger partial charge in [-0.25, -0.2) is 4.79 Å². The molecule has 0 bridgehead atoms. The number of aliphatic hydroxyl groups is 1. The largest absolute Gasteiger partial charge is 0.508 e. The van der Waals surface area contributed by atoms with Gasteiger partial charge in [-0.15, -0.1) is 0 Å². The number of hydrogen-bond acceptors (Lipinski definition) is 9. The maximum absolute atomic E-state index is 14.5. The van der Waals surface area contributed by atoms with Crippen LogP contribution in [0.15, 0.2) is 48.5 Å². The van der Waals surface area contributed by atoms with Crippen LogP contribution in [-0.4, -0.2) is 117 Å². The smallest absolute Gasteiger partial charge is 0.326 e. The van der Waals surface area contributed by atoms with Crippen LogP contribution in [0.25, 0.3) is 0 Å². The Kier molecular flexibility index (Phi) is 18.4. The summed E-state index contributed by atoms with van der Waals surface area (Å²) >= 11 is 0. The highest BCUT2D eigenvalue weighted by Gasteiger charge is 2.41. The summed E-state index contributed by atoms with van der Waals surface area (Å²) < 4.78 is 0. The second kappa shape index (κ2) is 21.9. The Balaban J connectivity index is 2.44. The van der Waals surface area contributed by atoms with Gasteiger partial charge in [0.25, 0.3) is 5.91 Å². The van der Waals surface area contributed by atoms with E-state index in [9.17, 15) is 44.4 Å². The molecule has 14 heteroatoms. The quantitative estimate of drug-likeness (QED) is 0.0875. The van der Waals surface area contributed by atoms with E-state index in [0.717, 1.165) is 19.3 Å². The van der Waals surface area contributed by atoms with E-state index in [1.165, 1.54) is 48.2 Å². The number of aliphatic hydroxyl groups excluding tert-OH is 1. The number of amides is 4. The molecule has 0 saturated heterocycles. The minimum atomic E-state index is -1.41. The number of nitrogens with zero attached hydrogens (tertiary/aromatic N) is 2. The van der Waals surface area contributed by atoms with Crippen molar-refractivity contribution in [1.29, 1.82) is 0 Å². The Labute approximate surface area is 319 Å². The normalized spacial score (nSPS) is 15.2. The first-order valence-electron chi connectivity index (χ1n) is 18.7. The molecule has 54 heavy (non-hydrogen) atoms. The first kappa shape index (κ1) is 45.5. The molecule has 2 aromatic rings. The molecule has 0 aliphatic rings. The first-order valence-corrected chi connectivity index (χ1v) is 18.7. The van der Waals surface area contributed by atoms with Crippen molar-refractivity contribution in [1.82, 2.24) is 25.8 Å². The van der Waals surface area contributed by atoms with Gasteiger partial charge in [0.2, 0.25) is 17.7 Å². The molecule has 4 amide bonds. The van der Waals surface area contributed by atoms with Crippen molar-refractivity contribution >= 4 is 29.6 Å². The van der Waals surface area contributed by atoms with E-state index >= 15 is 0 Å². The molecule has 7 N–H and O–H groups in total. The minimum Gasteiger partial charge on any atom is -0.508 e. The topological polar surface area (TPSA) is 209 Å². The van der Waals surface area contributed by atoms with Crippen LogP contribution in [0, 0.1) is 11.8 Å². The van der Waals surface area contributed by atoms with Crippen molar-refractivity contribution in [2.45, 2.75) is 116 Å². The second-order valence-corrected chi connectivity index (χ2v) is 14.5. The van der Waals surface area contributed by atoms with Crippen LogP contribution < -0.4 is 16.0 Å². The first-order chi connectivity index (χ1) is 25.5. The fraction of sp³-hybridized carbons (Fsp3) is 0.575. The Hall–Kier alpha value is -4.69. The average molecular weight is 756 g/mol. The van der Waals surface area contributed by atoms with E-state index in [0.29, 0.717) is 24.0 Å². The Morgan fingerprint density at radius 2 is 1.28 bits per heavy atom. The monoisotopic (exact) mass is 755 g/mol. The van der Waals surface area contributed by atoms with Gasteiger partial charge in [0.1, 0.15) is 41.8 Å². The van der Waals surface area contributed by atoms with Crippen molar-refractivity contribution in [3.05, 3.63) is 59.7 Å². The highest BCUT2D eigenvalue weighted by atomic mass is 16.4. The molecule has 14 nitrogen and oxygen atoms in total. The molecule has 0 saturated carbocycles. The van der Waals surface area contributed by atoms with Crippen molar-refractivity contribution in [3.8, 4) is 11.5 Å². The molecule has 2 rings (SSSR count). The van der Waals surface area contributed by atoms with E-state index in [-0.39, 0.29) is 24.3 Å². The molecule has 7 unspecified atom stereocenters. The molecule has 2 aromatic carbocycles. The van der Waals surface area contributed by atoms with Gasteiger partial charge < -0.3 is 46.2 Å². The molecule has 300 valence electrons. The fourth-order valence-electron chi connectivity index (χ4n) is 6.34. The predicted octanol–water partition coefficient (Wildman–Crippen LogP) is 2.82. The standard InChI is InChI=1S/C40H61N5O9/c1-9-11-12-13-30(41-6)35(48)37(50)43-33(24(3)4)38(51)45(8)34(25(5)10-2)39(52)44(7)32(23-27-16-20-29(47)21-17-27)36(49)42-31(40(53)54)22-26-14-18-28(46)19-15-26/h14-21,24-25,30-35,41,46-48H,9-13,22-23H2,1-8H3,(H,42,49)(H,43,50)(H,53,54). The number of carboxylic acids is 1. The van der Waals surface area contributed by atoms with Crippen LogP contribution >= 0.6 is 0 Å². The van der Waals surface area contributed by atoms with Gasteiger partial charge in [-0.1, -0.05) is 84.6 Å². The number of carbonyl (C=O) groups is 5. The molecule has 0 radical (unpaired) electrons. The summed E-state index contributed by atoms with van der Waals surface area (Å²) in [4.78, 5) is 70.8. The highest BCUT2D eigenvalue weighted by molar-refractivity contribution is 5.95. The van der Waals surface area contributed by atoms with Gasteiger partial charge in [-0.2, -0.15) is 0 Å². The van der Waals surface area contributed by atoms with E-state index in [1.807, 2.05) is 6.92 Å². The number of aromatic hydroxyl groups is 2. The molecule has 0 heterocycles. The van der Waals surface area contributed by atoms with Crippen molar-refractivity contribution in [3.63, 3.8) is 0 Å². The average Bonchev–Trinajstić information content (AvgIpc) is 3.14. The number of carboxylic acid groups (broad SMARTS) is 1. The van der Waals surface area contributed by atoms with Crippen LogP contribution in [0.2, 0.25) is 0 Å². The summed E-state index contributed by atoms with van der Waals surface area (Å²) in [5, 5.41) is 48.7.